The SMILES string of the molecule is COc1ccccc1NC(=S)N(Cc1ccccc1Cl)C1CCCC1. The van der Waals surface area contributed by atoms with Crippen molar-refractivity contribution in [1.29, 1.82) is 0 Å². The maximum absolute atomic E-state index is 6.38. The summed E-state index contributed by atoms with van der Waals surface area (Å²) in [6.45, 7) is 0.714. The van der Waals surface area contributed by atoms with Crippen LogP contribution in [0.4, 0.5) is 5.69 Å². The van der Waals surface area contributed by atoms with Gasteiger partial charge in [-0.3, -0.25) is 0 Å². The van der Waals surface area contributed by atoms with E-state index in [1.807, 2.05) is 42.5 Å². The van der Waals surface area contributed by atoms with Crippen LogP contribution in [0.25, 0.3) is 0 Å². The number of hydrogen-bond donors (Lipinski definition) is 1. The van der Waals surface area contributed by atoms with Gasteiger partial charge in [0.15, 0.2) is 5.11 Å². The fourth-order valence-electron chi connectivity index (χ4n) is 3.33. The molecule has 3 nitrogen and oxygen atoms in total. The van der Waals surface area contributed by atoms with Gasteiger partial charge in [-0.2, -0.15) is 0 Å². The van der Waals surface area contributed by atoms with Crippen LogP contribution in [0.15, 0.2) is 48.5 Å². The largest absolute Gasteiger partial charge is 0.495 e. The van der Waals surface area contributed by atoms with Gasteiger partial charge in [0.2, 0.25) is 0 Å². The Morgan fingerprint density at radius 2 is 1.84 bits per heavy atom. The van der Waals surface area contributed by atoms with Crippen LogP contribution in [-0.2, 0) is 6.54 Å². The second-order valence-electron chi connectivity index (χ2n) is 6.29. The Kier molecular flexibility index (Phi) is 6.16. The summed E-state index contributed by atoms with van der Waals surface area (Å²) in [5.41, 5.74) is 1.98. The summed E-state index contributed by atoms with van der Waals surface area (Å²) in [5.74, 6) is 0.786. The first-order valence-corrected chi connectivity index (χ1v) is 9.41. The number of para-hydroxylation sites is 2. The van der Waals surface area contributed by atoms with Gasteiger partial charge in [0.1, 0.15) is 5.75 Å². The van der Waals surface area contributed by atoms with Gasteiger partial charge in [-0.05, 0) is 48.8 Å². The van der Waals surface area contributed by atoms with Crippen LogP contribution < -0.4 is 10.1 Å². The third-order valence-corrected chi connectivity index (χ3v) is 5.38. The molecule has 0 aromatic heterocycles. The minimum absolute atomic E-state index is 0.450. The highest BCUT2D eigenvalue weighted by atomic mass is 35.5. The van der Waals surface area contributed by atoms with Crippen LogP contribution in [0.1, 0.15) is 31.2 Å². The Morgan fingerprint density at radius 3 is 2.56 bits per heavy atom. The highest BCUT2D eigenvalue weighted by molar-refractivity contribution is 7.80. The molecule has 0 atom stereocenters. The molecule has 0 heterocycles. The molecule has 0 spiro atoms. The topological polar surface area (TPSA) is 24.5 Å². The predicted octanol–water partition coefficient (Wildman–Crippen LogP) is 5.49. The first kappa shape index (κ1) is 18.0. The number of benzene rings is 2. The van der Waals surface area contributed by atoms with E-state index in [-0.39, 0.29) is 0 Å². The highest BCUT2D eigenvalue weighted by Crippen LogP contribution is 2.29. The molecule has 1 saturated carbocycles. The summed E-state index contributed by atoms with van der Waals surface area (Å²) < 4.78 is 5.43. The normalized spacial score (nSPS) is 14.3. The van der Waals surface area contributed by atoms with E-state index in [4.69, 9.17) is 28.6 Å². The lowest BCUT2D eigenvalue weighted by Gasteiger charge is -2.32. The highest BCUT2D eigenvalue weighted by Gasteiger charge is 2.25. The Bertz CT molecular complexity index is 731. The lowest BCUT2D eigenvalue weighted by molar-refractivity contribution is 0.312. The standard InChI is InChI=1S/C20H23ClN2OS/c1-24-19-13-7-6-12-18(19)22-20(25)23(16-9-3-4-10-16)14-15-8-2-5-11-17(15)21/h2,5-8,11-13,16H,3-4,9-10,14H2,1H3,(H,22,25). The zero-order valence-electron chi connectivity index (χ0n) is 14.4. The Labute approximate surface area is 159 Å². The van der Waals surface area contributed by atoms with Crippen molar-refractivity contribution >= 4 is 34.6 Å². The molecule has 1 aliphatic rings. The quantitative estimate of drug-likeness (QED) is 0.699. The minimum atomic E-state index is 0.450. The van der Waals surface area contributed by atoms with Crippen LogP contribution in [0.5, 0.6) is 5.75 Å². The van der Waals surface area contributed by atoms with Crippen molar-refractivity contribution in [2.45, 2.75) is 38.3 Å². The summed E-state index contributed by atoms with van der Waals surface area (Å²) in [5, 5.41) is 4.87. The molecule has 0 amide bonds. The number of thiocarbonyl (C=S) groups is 1. The molecular formula is C20H23ClN2OS. The van der Waals surface area contributed by atoms with Gasteiger partial charge in [0.05, 0.1) is 12.8 Å². The van der Waals surface area contributed by atoms with E-state index in [0.29, 0.717) is 12.6 Å². The molecule has 2 aromatic rings. The molecule has 132 valence electrons. The number of hydrogen-bond acceptors (Lipinski definition) is 2. The summed E-state index contributed by atoms with van der Waals surface area (Å²) in [6.07, 6.45) is 4.83. The van der Waals surface area contributed by atoms with Gasteiger partial charge < -0.3 is 15.0 Å². The minimum Gasteiger partial charge on any atom is -0.495 e. The Hall–Kier alpha value is -1.78. The van der Waals surface area contributed by atoms with Crippen molar-refractivity contribution in [3.8, 4) is 5.75 Å². The van der Waals surface area contributed by atoms with Crippen molar-refractivity contribution in [2.24, 2.45) is 0 Å². The monoisotopic (exact) mass is 374 g/mol. The van der Waals surface area contributed by atoms with Crippen LogP contribution in [-0.4, -0.2) is 23.2 Å². The number of nitrogens with one attached hydrogen (secondary N) is 1. The van der Waals surface area contributed by atoms with Gasteiger partial charge in [0.25, 0.3) is 0 Å². The zero-order chi connectivity index (χ0) is 17.6. The molecule has 0 saturated heterocycles. The molecule has 1 N–H and O–H groups in total. The maximum Gasteiger partial charge on any atom is 0.174 e. The fraction of sp³-hybridized carbons (Fsp3) is 0.350. The molecular weight excluding hydrogens is 352 g/mol. The van der Waals surface area contributed by atoms with Gasteiger partial charge in [-0.15, -0.1) is 0 Å². The van der Waals surface area contributed by atoms with Crippen LogP contribution >= 0.6 is 23.8 Å². The Balaban J connectivity index is 1.81. The number of anilines is 1. The third kappa shape index (κ3) is 4.44. The summed E-state index contributed by atoms with van der Waals surface area (Å²) in [6, 6.07) is 16.3. The maximum atomic E-state index is 6.38. The Morgan fingerprint density at radius 1 is 1.16 bits per heavy atom. The molecule has 0 aliphatic heterocycles. The van der Waals surface area contributed by atoms with Crippen molar-refractivity contribution in [3.05, 3.63) is 59.1 Å². The van der Waals surface area contributed by atoms with E-state index < -0.39 is 0 Å². The first-order chi connectivity index (χ1) is 12.2. The lowest BCUT2D eigenvalue weighted by Crippen LogP contribution is -2.41. The van der Waals surface area contributed by atoms with E-state index in [1.165, 1.54) is 12.8 Å². The smallest absolute Gasteiger partial charge is 0.174 e. The van der Waals surface area contributed by atoms with E-state index in [2.05, 4.69) is 16.3 Å². The number of halogens is 1. The van der Waals surface area contributed by atoms with Crippen LogP contribution in [0.3, 0.4) is 0 Å². The van der Waals surface area contributed by atoms with E-state index in [0.717, 1.165) is 40.0 Å². The van der Waals surface area contributed by atoms with Gasteiger partial charge >= 0.3 is 0 Å². The van der Waals surface area contributed by atoms with Crippen molar-refractivity contribution < 1.29 is 4.74 Å². The second-order valence-corrected chi connectivity index (χ2v) is 7.08. The van der Waals surface area contributed by atoms with E-state index in [9.17, 15) is 0 Å². The van der Waals surface area contributed by atoms with E-state index in [1.54, 1.807) is 7.11 Å². The number of ether oxygens (including phenoxy) is 1. The molecule has 1 fully saturated rings. The fourth-order valence-corrected chi connectivity index (χ4v) is 3.85. The second kappa shape index (κ2) is 8.54. The van der Waals surface area contributed by atoms with Crippen LogP contribution in [0.2, 0.25) is 5.02 Å². The average molecular weight is 375 g/mol. The average Bonchev–Trinajstić information content (AvgIpc) is 3.15. The molecule has 3 rings (SSSR count). The molecule has 1 aliphatic carbocycles. The molecule has 2 aromatic carbocycles. The summed E-state index contributed by atoms with van der Waals surface area (Å²) in [7, 11) is 1.67. The predicted molar refractivity (Wildman–Crippen MR) is 108 cm³/mol. The molecule has 0 unspecified atom stereocenters. The van der Waals surface area contributed by atoms with Gasteiger partial charge in [0, 0.05) is 17.6 Å². The van der Waals surface area contributed by atoms with Crippen LogP contribution in [0, 0.1) is 0 Å². The molecule has 5 heteroatoms. The zero-order valence-corrected chi connectivity index (χ0v) is 15.9. The third-order valence-electron chi connectivity index (χ3n) is 4.67. The first-order valence-electron chi connectivity index (χ1n) is 8.63. The summed E-state index contributed by atoms with van der Waals surface area (Å²) >= 11 is 12.1. The van der Waals surface area contributed by atoms with E-state index >= 15 is 0 Å². The molecule has 25 heavy (non-hydrogen) atoms. The summed E-state index contributed by atoms with van der Waals surface area (Å²) in [4.78, 5) is 2.27. The van der Waals surface area contributed by atoms with Gasteiger partial charge in [-0.25, -0.2) is 0 Å². The number of nitrogens with zero attached hydrogens (tertiary/aromatic N) is 1. The van der Waals surface area contributed by atoms with Crippen molar-refractivity contribution in [1.82, 2.24) is 4.90 Å². The lowest BCUT2D eigenvalue weighted by atomic mass is 10.1. The van der Waals surface area contributed by atoms with Crippen molar-refractivity contribution in [3.63, 3.8) is 0 Å². The molecule has 0 radical (unpaired) electrons. The van der Waals surface area contributed by atoms with Gasteiger partial charge in [-0.1, -0.05) is 54.8 Å². The molecule has 0 bridgehead atoms. The number of methoxy groups -OCH3 is 1. The van der Waals surface area contributed by atoms with Crippen molar-refractivity contribution in [2.75, 3.05) is 12.4 Å². The number of rotatable bonds is 5.